The molecule has 66 valence electrons. The highest BCUT2D eigenvalue weighted by atomic mass is 35.5. The largest absolute Gasteiger partial charge is 0.453 e. The molecule has 0 aromatic carbocycles. The summed E-state index contributed by atoms with van der Waals surface area (Å²) in [4.78, 5) is 0. The highest BCUT2D eigenvalue weighted by molar-refractivity contribution is 6.29. The van der Waals surface area contributed by atoms with Gasteiger partial charge in [-0.1, -0.05) is 0 Å². The van der Waals surface area contributed by atoms with E-state index in [9.17, 15) is 0 Å². The van der Waals surface area contributed by atoms with E-state index in [-0.39, 0.29) is 0 Å². The third-order valence-electron chi connectivity index (χ3n) is 2.38. The molecule has 2 heterocycles. The summed E-state index contributed by atoms with van der Waals surface area (Å²) in [6, 6.07) is 1.97. The Morgan fingerprint density at radius 3 is 3.08 bits per heavy atom. The van der Waals surface area contributed by atoms with Gasteiger partial charge in [-0.3, -0.25) is 0 Å². The predicted octanol–water partition coefficient (Wildman–Crippen LogP) is 2.40. The molecule has 1 aliphatic rings. The van der Waals surface area contributed by atoms with Crippen LogP contribution in [0.25, 0.3) is 0 Å². The number of hydrogen-bond acceptors (Lipinski definition) is 2. The van der Waals surface area contributed by atoms with Gasteiger partial charge in [-0.05, 0) is 37.1 Å². The second kappa shape index (κ2) is 3.50. The summed E-state index contributed by atoms with van der Waals surface area (Å²) in [5, 5.41) is 3.91. The number of nitrogens with one attached hydrogen (secondary N) is 1. The summed E-state index contributed by atoms with van der Waals surface area (Å²) in [7, 11) is 0. The first-order valence-corrected chi connectivity index (χ1v) is 4.69. The monoisotopic (exact) mass is 185 g/mol. The van der Waals surface area contributed by atoms with Gasteiger partial charge in [-0.2, -0.15) is 0 Å². The molecule has 1 fully saturated rings. The van der Waals surface area contributed by atoms with Crippen molar-refractivity contribution in [3.63, 3.8) is 0 Å². The van der Waals surface area contributed by atoms with Crippen LogP contribution in [0.5, 0.6) is 0 Å². The lowest BCUT2D eigenvalue weighted by Gasteiger charge is -2.21. The summed E-state index contributed by atoms with van der Waals surface area (Å²) < 4.78 is 5.06. The van der Waals surface area contributed by atoms with Gasteiger partial charge in [-0.15, -0.1) is 0 Å². The highest BCUT2D eigenvalue weighted by Crippen LogP contribution is 2.29. The minimum atomic E-state index is 0.546. The van der Waals surface area contributed by atoms with E-state index >= 15 is 0 Å². The quantitative estimate of drug-likeness (QED) is 0.727. The number of furan rings is 1. The molecule has 1 atom stereocenters. The van der Waals surface area contributed by atoms with E-state index in [1.54, 1.807) is 6.26 Å². The molecule has 0 amide bonds. The summed E-state index contributed by atoms with van der Waals surface area (Å²) in [6.45, 7) is 2.16. The zero-order chi connectivity index (χ0) is 8.39. The summed E-state index contributed by atoms with van der Waals surface area (Å²) >= 11 is 5.88. The maximum atomic E-state index is 5.88. The average molecular weight is 186 g/mol. The van der Waals surface area contributed by atoms with Gasteiger partial charge in [0.25, 0.3) is 0 Å². The molecule has 1 N–H and O–H groups in total. The number of hydrogen-bond donors (Lipinski definition) is 1. The minimum Gasteiger partial charge on any atom is -0.453 e. The van der Waals surface area contributed by atoms with Crippen molar-refractivity contribution in [1.82, 2.24) is 5.32 Å². The molecule has 0 bridgehead atoms. The first kappa shape index (κ1) is 8.14. The van der Waals surface area contributed by atoms with Crippen molar-refractivity contribution in [3.05, 3.63) is 23.1 Å². The predicted molar refractivity (Wildman–Crippen MR) is 48.6 cm³/mol. The third-order valence-corrected chi connectivity index (χ3v) is 2.69. The van der Waals surface area contributed by atoms with E-state index in [0.29, 0.717) is 11.1 Å². The van der Waals surface area contributed by atoms with Gasteiger partial charge in [-0.25, -0.2) is 0 Å². The first-order valence-electron chi connectivity index (χ1n) is 4.31. The van der Waals surface area contributed by atoms with Crippen molar-refractivity contribution in [3.8, 4) is 0 Å². The first-order chi connectivity index (χ1) is 5.88. The fourth-order valence-corrected chi connectivity index (χ4v) is 1.98. The summed E-state index contributed by atoms with van der Waals surface area (Å²) in [5.74, 6) is 0.546. The van der Waals surface area contributed by atoms with Crippen LogP contribution >= 0.6 is 11.6 Å². The van der Waals surface area contributed by atoms with E-state index < -0.39 is 0 Å². The molecule has 1 aromatic heterocycles. The molecule has 0 spiro atoms. The molecule has 0 aliphatic carbocycles. The van der Waals surface area contributed by atoms with Crippen molar-refractivity contribution in [2.24, 2.45) is 0 Å². The SMILES string of the molecule is Clc1occc1C1CCCNC1. The van der Waals surface area contributed by atoms with Crippen LogP contribution in [0.2, 0.25) is 5.22 Å². The smallest absolute Gasteiger partial charge is 0.196 e. The Morgan fingerprint density at radius 1 is 1.58 bits per heavy atom. The maximum absolute atomic E-state index is 5.88. The van der Waals surface area contributed by atoms with E-state index in [1.165, 1.54) is 12.8 Å². The molecule has 1 aliphatic heterocycles. The second-order valence-electron chi connectivity index (χ2n) is 3.19. The second-order valence-corrected chi connectivity index (χ2v) is 3.54. The van der Waals surface area contributed by atoms with Gasteiger partial charge in [0.2, 0.25) is 0 Å². The Bertz CT molecular complexity index is 253. The van der Waals surface area contributed by atoms with Gasteiger partial charge >= 0.3 is 0 Å². The van der Waals surface area contributed by atoms with Gasteiger partial charge in [0.05, 0.1) is 6.26 Å². The van der Waals surface area contributed by atoms with Crippen molar-refractivity contribution >= 4 is 11.6 Å². The Balaban J connectivity index is 2.13. The Morgan fingerprint density at radius 2 is 2.50 bits per heavy atom. The zero-order valence-electron chi connectivity index (χ0n) is 6.85. The Labute approximate surface area is 76.9 Å². The number of rotatable bonds is 1. The lowest BCUT2D eigenvalue weighted by molar-refractivity contribution is 0.457. The molecule has 1 aromatic rings. The zero-order valence-corrected chi connectivity index (χ0v) is 7.60. The van der Waals surface area contributed by atoms with Crippen LogP contribution < -0.4 is 5.32 Å². The van der Waals surface area contributed by atoms with Crippen LogP contribution in [-0.4, -0.2) is 13.1 Å². The number of piperidine rings is 1. The van der Waals surface area contributed by atoms with Crippen LogP contribution in [0, 0.1) is 0 Å². The normalized spacial score (nSPS) is 24.2. The van der Waals surface area contributed by atoms with Crippen molar-refractivity contribution < 1.29 is 4.42 Å². The molecule has 1 unspecified atom stereocenters. The standard InChI is InChI=1S/C9H12ClNO/c10-9-8(3-5-12-9)7-2-1-4-11-6-7/h3,5,7,11H,1-2,4,6H2. The van der Waals surface area contributed by atoms with Crippen LogP contribution in [0.3, 0.4) is 0 Å². The number of halogens is 1. The van der Waals surface area contributed by atoms with Gasteiger partial charge in [0, 0.05) is 18.0 Å². The molecule has 0 radical (unpaired) electrons. The summed E-state index contributed by atoms with van der Waals surface area (Å²) in [6.07, 6.45) is 4.10. The van der Waals surface area contributed by atoms with E-state index in [1.807, 2.05) is 6.07 Å². The fourth-order valence-electron chi connectivity index (χ4n) is 1.71. The molecular formula is C9H12ClNO. The molecule has 2 nitrogen and oxygen atoms in total. The Hall–Kier alpha value is -0.470. The molecule has 12 heavy (non-hydrogen) atoms. The van der Waals surface area contributed by atoms with E-state index in [2.05, 4.69) is 5.32 Å². The highest BCUT2D eigenvalue weighted by Gasteiger charge is 2.18. The molecule has 2 rings (SSSR count). The van der Waals surface area contributed by atoms with Gasteiger partial charge < -0.3 is 9.73 Å². The van der Waals surface area contributed by atoms with E-state index in [4.69, 9.17) is 16.0 Å². The third kappa shape index (κ3) is 1.50. The Kier molecular flexibility index (Phi) is 2.38. The maximum Gasteiger partial charge on any atom is 0.196 e. The average Bonchev–Trinajstić information content (AvgIpc) is 2.53. The molecule has 0 saturated carbocycles. The van der Waals surface area contributed by atoms with Crippen LogP contribution in [0.4, 0.5) is 0 Å². The van der Waals surface area contributed by atoms with Crippen molar-refractivity contribution in [2.45, 2.75) is 18.8 Å². The van der Waals surface area contributed by atoms with Gasteiger partial charge in [0.15, 0.2) is 5.22 Å². The summed E-state index contributed by atoms with van der Waals surface area (Å²) in [5.41, 5.74) is 1.16. The van der Waals surface area contributed by atoms with Crippen LogP contribution in [0.1, 0.15) is 24.3 Å². The lowest BCUT2D eigenvalue weighted by Crippen LogP contribution is -2.28. The minimum absolute atomic E-state index is 0.546. The fraction of sp³-hybridized carbons (Fsp3) is 0.556. The van der Waals surface area contributed by atoms with Crippen molar-refractivity contribution in [1.29, 1.82) is 0 Å². The van der Waals surface area contributed by atoms with E-state index in [0.717, 1.165) is 18.7 Å². The molecule has 3 heteroatoms. The topological polar surface area (TPSA) is 25.2 Å². The molecule has 1 saturated heterocycles. The lowest BCUT2D eigenvalue weighted by atomic mass is 9.94. The van der Waals surface area contributed by atoms with Gasteiger partial charge in [0.1, 0.15) is 0 Å². The van der Waals surface area contributed by atoms with Crippen LogP contribution in [0.15, 0.2) is 16.7 Å². The van der Waals surface area contributed by atoms with Crippen LogP contribution in [-0.2, 0) is 0 Å². The molecular weight excluding hydrogens is 174 g/mol. The van der Waals surface area contributed by atoms with Crippen molar-refractivity contribution in [2.75, 3.05) is 13.1 Å².